The Hall–Kier alpha value is -3.61. The van der Waals surface area contributed by atoms with Crippen molar-refractivity contribution in [3.8, 4) is 11.4 Å². The molecule has 3 aromatic heterocycles. The van der Waals surface area contributed by atoms with E-state index in [1.54, 1.807) is 37.5 Å². The zero-order valence-electron chi connectivity index (χ0n) is 14.0. The van der Waals surface area contributed by atoms with Crippen LogP contribution in [0.3, 0.4) is 0 Å². The monoisotopic (exact) mass is 345 g/mol. The Morgan fingerprint density at radius 2 is 1.85 bits per heavy atom. The molecule has 0 bridgehead atoms. The van der Waals surface area contributed by atoms with Crippen molar-refractivity contribution < 1.29 is 9.32 Å². The zero-order chi connectivity index (χ0) is 17.9. The second-order valence-electron chi connectivity index (χ2n) is 5.78. The van der Waals surface area contributed by atoms with Crippen molar-refractivity contribution in [3.05, 3.63) is 72.5 Å². The number of nitrogens with one attached hydrogen (secondary N) is 1. The topological polar surface area (TPSA) is 93.8 Å². The van der Waals surface area contributed by atoms with E-state index in [4.69, 9.17) is 4.52 Å². The van der Waals surface area contributed by atoms with Crippen molar-refractivity contribution in [2.24, 2.45) is 0 Å². The molecular weight excluding hydrogens is 330 g/mol. The van der Waals surface area contributed by atoms with Gasteiger partial charge in [-0.05, 0) is 31.2 Å². The van der Waals surface area contributed by atoms with E-state index in [1.165, 1.54) is 0 Å². The summed E-state index contributed by atoms with van der Waals surface area (Å²) in [6, 6.07) is 14.3. The standard InChI is InChI=1S/C19H15N5O2/c1-12(19-23-17(24-26-19)14-8-10-20-11-9-14)21-18(25)16-7-6-13-4-2-3-5-15(13)22-16/h2-12H,1H3,(H,21,25). The molecule has 128 valence electrons. The molecule has 7 heteroatoms. The molecule has 0 saturated carbocycles. The Labute approximate surface area is 149 Å². The largest absolute Gasteiger partial charge is 0.339 e. The minimum atomic E-state index is -0.446. The van der Waals surface area contributed by atoms with Gasteiger partial charge in [0.15, 0.2) is 0 Å². The van der Waals surface area contributed by atoms with Crippen molar-refractivity contribution >= 4 is 16.8 Å². The molecule has 0 aliphatic heterocycles. The Balaban J connectivity index is 1.51. The Bertz CT molecular complexity index is 1060. The fourth-order valence-electron chi connectivity index (χ4n) is 2.55. The first kappa shape index (κ1) is 15.9. The van der Waals surface area contributed by atoms with Gasteiger partial charge in [-0.15, -0.1) is 0 Å². The van der Waals surface area contributed by atoms with Crippen LogP contribution in [-0.2, 0) is 0 Å². The van der Waals surface area contributed by atoms with E-state index in [0.29, 0.717) is 17.4 Å². The first-order valence-corrected chi connectivity index (χ1v) is 8.11. The minimum absolute atomic E-state index is 0.299. The summed E-state index contributed by atoms with van der Waals surface area (Å²) in [7, 11) is 0. The number of aromatic nitrogens is 4. The molecular formula is C19H15N5O2. The molecule has 4 aromatic rings. The Kier molecular flexibility index (Phi) is 4.10. The van der Waals surface area contributed by atoms with E-state index in [-0.39, 0.29) is 5.91 Å². The summed E-state index contributed by atoms with van der Waals surface area (Å²) in [5.74, 6) is 0.477. The minimum Gasteiger partial charge on any atom is -0.339 e. The number of hydrogen-bond acceptors (Lipinski definition) is 6. The highest BCUT2D eigenvalue weighted by atomic mass is 16.5. The van der Waals surface area contributed by atoms with E-state index in [9.17, 15) is 4.79 Å². The molecule has 0 aliphatic carbocycles. The summed E-state index contributed by atoms with van der Waals surface area (Å²) >= 11 is 0. The maximum Gasteiger partial charge on any atom is 0.270 e. The summed E-state index contributed by atoms with van der Waals surface area (Å²) in [5.41, 5.74) is 1.90. The van der Waals surface area contributed by atoms with Gasteiger partial charge in [0.1, 0.15) is 11.7 Å². The van der Waals surface area contributed by atoms with Crippen LogP contribution in [0.4, 0.5) is 0 Å². The Morgan fingerprint density at radius 1 is 1.04 bits per heavy atom. The molecule has 1 atom stereocenters. The molecule has 0 fully saturated rings. The quantitative estimate of drug-likeness (QED) is 0.610. The molecule has 0 saturated heterocycles. The fraction of sp³-hybridized carbons (Fsp3) is 0.105. The SMILES string of the molecule is CC(NC(=O)c1ccc2ccccc2n1)c1nc(-c2ccncc2)no1. The summed E-state index contributed by atoms with van der Waals surface area (Å²) in [6.45, 7) is 1.78. The van der Waals surface area contributed by atoms with Crippen LogP contribution in [0.1, 0.15) is 29.3 Å². The number of benzene rings is 1. The van der Waals surface area contributed by atoms with Gasteiger partial charge >= 0.3 is 0 Å². The predicted octanol–water partition coefficient (Wildman–Crippen LogP) is 3.17. The third-order valence-electron chi connectivity index (χ3n) is 3.93. The van der Waals surface area contributed by atoms with E-state index in [1.807, 2.05) is 30.3 Å². The molecule has 0 radical (unpaired) electrons. The lowest BCUT2D eigenvalue weighted by Gasteiger charge is -2.09. The normalized spacial score (nSPS) is 12.0. The van der Waals surface area contributed by atoms with Crippen molar-refractivity contribution in [1.82, 2.24) is 25.4 Å². The van der Waals surface area contributed by atoms with Gasteiger partial charge in [-0.3, -0.25) is 9.78 Å². The summed E-state index contributed by atoms with van der Waals surface area (Å²) in [6.07, 6.45) is 3.31. The lowest BCUT2D eigenvalue weighted by Crippen LogP contribution is -2.27. The Morgan fingerprint density at radius 3 is 2.69 bits per heavy atom. The van der Waals surface area contributed by atoms with Crippen LogP contribution >= 0.6 is 0 Å². The summed E-state index contributed by atoms with van der Waals surface area (Å²) < 4.78 is 5.27. The van der Waals surface area contributed by atoms with Gasteiger partial charge in [-0.2, -0.15) is 4.98 Å². The number of pyridine rings is 2. The van der Waals surface area contributed by atoms with Crippen molar-refractivity contribution in [1.29, 1.82) is 0 Å². The number of amides is 1. The van der Waals surface area contributed by atoms with Crippen LogP contribution in [0.25, 0.3) is 22.3 Å². The van der Waals surface area contributed by atoms with Gasteiger partial charge in [0.05, 0.1) is 5.52 Å². The van der Waals surface area contributed by atoms with Crippen LogP contribution in [0.5, 0.6) is 0 Å². The second kappa shape index (κ2) is 6.72. The molecule has 0 spiro atoms. The molecule has 7 nitrogen and oxygen atoms in total. The summed E-state index contributed by atoms with van der Waals surface area (Å²) in [4.78, 5) is 25.2. The van der Waals surface area contributed by atoms with Crippen LogP contribution in [-0.4, -0.2) is 26.0 Å². The number of carbonyl (C=O) groups excluding carboxylic acids is 1. The number of hydrogen-bond donors (Lipinski definition) is 1. The number of rotatable bonds is 4. The molecule has 1 amide bonds. The number of fused-ring (bicyclic) bond motifs is 1. The molecule has 1 N–H and O–H groups in total. The second-order valence-corrected chi connectivity index (χ2v) is 5.78. The van der Waals surface area contributed by atoms with E-state index in [0.717, 1.165) is 16.5 Å². The van der Waals surface area contributed by atoms with Gasteiger partial charge in [0.25, 0.3) is 5.91 Å². The smallest absolute Gasteiger partial charge is 0.270 e. The van der Waals surface area contributed by atoms with Gasteiger partial charge in [0, 0.05) is 23.3 Å². The lowest BCUT2D eigenvalue weighted by molar-refractivity contribution is 0.0928. The van der Waals surface area contributed by atoms with Crippen molar-refractivity contribution in [3.63, 3.8) is 0 Å². The highest BCUT2D eigenvalue weighted by Crippen LogP contribution is 2.18. The van der Waals surface area contributed by atoms with Crippen molar-refractivity contribution in [2.75, 3.05) is 0 Å². The van der Waals surface area contributed by atoms with Crippen LogP contribution in [0.2, 0.25) is 0 Å². The van der Waals surface area contributed by atoms with Gasteiger partial charge in [-0.25, -0.2) is 4.98 Å². The van der Waals surface area contributed by atoms with Gasteiger partial charge in [-0.1, -0.05) is 29.4 Å². The molecule has 1 aromatic carbocycles. The molecule has 3 heterocycles. The van der Waals surface area contributed by atoms with Crippen LogP contribution in [0, 0.1) is 0 Å². The van der Waals surface area contributed by atoms with E-state index in [2.05, 4.69) is 25.4 Å². The first-order chi connectivity index (χ1) is 12.7. The third-order valence-corrected chi connectivity index (χ3v) is 3.93. The summed E-state index contributed by atoms with van der Waals surface area (Å²) in [5, 5.41) is 7.76. The number of carbonyl (C=O) groups is 1. The molecule has 4 rings (SSSR count). The van der Waals surface area contributed by atoms with E-state index < -0.39 is 6.04 Å². The number of nitrogens with zero attached hydrogens (tertiary/aromatic N) is 4. The zero-order valence-corrected chi connectivity index (χ0v) is 14.0. The number of para-hydroxylation sites is 1. The van der Waals surface area contributed by atoms with Crippen LogP contribution in [0.15, 0.2) is 65.4 Å². The lowest BCUT2D eigenvalue weighted by atomic mass is 10.2. The maximum atomic E-state index is 12.5. The first-order valence-electron chi connectivity index (χ1n) is 8.11. The van der Waals surface area contributed by atoms with Crippen LogP contribution < -0.4 is 5.32 Å². The predicted molar refractivity (Wildman–Crippen MR) is 95.2 cm³/mol. The van der Waals surface area contributed by atoms with E-state index >= 15 is 0 Å². The fourth-order valence-corrected chi connectivity index (χ4v) is 2.55. The molecule has 1 unspecified atom stereocenters. The van der Waals surface area contributed by atoms with Crippen molar-refractivity contribution in [2.45, 2.75) is 13.0 Å². The average Bonchev–Trinajstić information content (AvgIpc) is 3.18. The van der Waals surface area contributed by atoms with Gasteiger partial charge < -0.3 is 9.84 Å². The average molecular weight is 345 g/mol. The van der Waals surface area contributed by atoms with Gasteiger partial charge in [0.2, 0.25) is 11.7 Å². The maximum absolute atomic E-state index is 12.5. The molecule has 26 heavy (non-hydrogen) atoms. The highest BCUT2D eigenvalue weighted by molar-refractivity contribution is 5.95. The third kappa shape index (κ3) is 3.14. The molecule has 0 aliphatic rings. The highest BCUT2D eigenvalue weighted by Gasteiger charge is 2.19.